The van der Waals surface area contributed by atoms with Crippen LogP contribution in [-0.4, -0.2) is 11.1 Å². The van der Waals surface area contributed by atoms with E-state index in [0.717, 1.165) is 22.8 Å². The van der Waals surface area contributed by atoms with Crippen molar-refractivity contribution in [2.45, 2.75) is 0 Å². The van der Waals surface area contributed by atoms with Gasteiger partial charge in [-0.15, -0.1) is 0 Å². The lowest BCUT2D eigenvalue weighted by molar-refractivity contribution is -0.131. The Labute approximate surface area is 123 Å². The van der Waals surface area contributed by atoms with Gasteiger partial charge in [-0.3, -0.25) is 0 Å². The molecule has 102 valence electrons. The van der Waals surface area contributed by atoms with Crippen molar-refractivity contribution in [2.75, 3.05) is 0 Å². The lowest BCUT2D eigenvalue weighted by Crippen LogP contribution is -1.86. The standard InChI is InChI=1S/C19H14O2/c20-19(21)12-11-14-5-3-8-16(13-14)18-10-4-7-15-6-1-2-9-17(15)18/h1-13H,(H,20,21)/b12-11+. The van der Waals surface area contributed by atoms with Crippen molar-refractivity contribution >= 4 is 22.8 Å². The first-order chi connectivity index (χ1) is 10.2. The average molecular weight is 274 g/mol. The first-order valence-electron chi connectivity index (χ1n) is 6.73. The molecule has 2 heteroatoms. The molecule has 0 atom stereocenters. The van der Waals surface area contributed by atoms with Gasteiger partial charge in [0.1, 0.15) is 0 Å². The number of carboxylic acid groups (broad SMARTS) is 1. The van der Waals surface area contributed by atoms with Crippen LogP contribution in [0.4, 0.5) is 0 Å². The zero-order valence-corrected chi connectivity index (χ0v) is 11.4. The van der Waals surface area contributed by atoms with E-state index in [2.05, 4.69) is 24.3 Å². The summed E-state index contributed by atoms with van der Waals surface area (Å²) in [5.41, 5.74) is 3.11. The van der Waals surface area contributed by atoms with E-state index in [-0.39, 0.29) is 0 Å². The van der Waals surface area contributed by atoms with Gasteiger partial charge in [-0.1, -0.05) is 60.7 Å². The molecular formula is C19H14O2. The number of hydrogen-bond acceptors (Lipinski definition) is 1. The molecule has 0 heterocycles. The molecule has 0 fully saturated rings. The van der Waals surface area contributed by atoms with Crippen molar-refractivity contribution in [3.8, 4) is 11.1 Å². The van der Waals surface area contributed by atoms with Gasteiger partial charge in [0.15, 0.2) is 0 Å². The van der Waals surface area contributed by atoms with E-state index in [1.807, 2.05) is 42.5 Å². The van der Waals surface area contributed by atoms with Crippen LogP contribution in [0.15, 0.2) is 72.8 Å². The van der Waals surface area contributed by atoms with Crippen LogP contribution in [0.5, 0.6) is 0 Å². The molecule has 0 spiro atoms. The van der Waals surface area contributed by atoms with Gasteiger partial charge in [-0.05, 0) is 39.6 Å². The minimum absolute atomic E-state index is 0.878. The fraction of sp³-hybridized carbons (Fsp3) is 0. The summed E-state index contributed by atoms with van der Waals surface area (Å²) in [5, 5.41) is 11.1. The second kappa shape index (κ2) is 5.63. The Morgan fingerprint density at radius 3 is 2.52 bits per heavy atom. The molecule has 21 heavy (non-hydrogen) atoms. The summed E-state index contributed by atoms with van der Waals surface area (Å²) < 4.78 is 0. The van der Waals surface area contributed by atoms with E-state index in [1.54, 1.807) is 6.08 Å². The lowest BCUT2D eigenvalue weighted by Gasteiger charge is -2.07. The van der Waals surface area contributed by atoms with Crippen LogP contribution in [0.25, 0.3) is 28.0 Å². The smallest absolute Gasteiger partial charge is 0.328 e. The minimum atomic E-state index is -0.939. The summed E-state index contributed by atoms with van der Waals surface area (Å²) in [4.78, 5) is 10.6. The van der Waals surface area contributed by atoms with Crippen LogP contribution in [-0.2, 0) is 4.79 Å². The van der Waals surface area contributed by atoms with Crippen molar-refractivity contribution in [3.63, 3.8) is 0 Å². The van der Waals surface area contributed by atoms with Crippen LogP contribution in [0, 0.1) is 0 Å². The predicted molar refractivity (Wildman–Crippen MR) is 86.1 cm³/mol. The fourth-order valence-electron chi connectivity index (χ4n) is 2.45. The molecular weight excluding hydrogens is 260 g/mol. The van der Waals surface area contributed by atoms with Crippen LogP contribution < -0.4 is 0 Å². The number of hydrogen-bond donors (Lipinski definition) is 1. The summed E-state index contributed by atoms with van der Waals surface area (Å²) in [6.07, 6.45) is 2.76. The number of aliphatic carboxylic acids is 1. The fourth-order valence-corrected chi connectivity index (χ4v) is 2.45. The SMILES string of the molecule is O=C(O)/C=C/c1cccc(-c2cccc3ccccc23)c1. The molecule has 0 saturated heterocycles. The monoisotopic (exact) mass is 274 g/mol. The topological polar surface area (TPSA) is 37.3 Å². The molecule has 3 aromatic rings. The maximum atomic E-state index is 10.6. The van der Waals surface area contributed by atoms with Gasteiger partial charge >= 0.3 is 5.97 Å². The maximum absolute atomic E-state index is 10.6. The summed E-state index contributed by atoms with van der Waals surface area (Å²) in [7, 11) is 0. The van der Waals surface area contributed by atoms with Gasteiger partial charge in [0, 0.05) is 6.08 Å². The van der Waals surface area contributed by atoms with Crippen LogP contribution in [0.1, 0.15) is 5.56 Å². The average Bonchev–Trinajstić information content (AvgIpc) is 2.52. The highest BCUT2D eigenvalue weighted by Crippen LogP contribution is 2.29. The molecule has 0 aliphatic heterocycles. The quantitative estimate of drug-likeness (QED) is 0.708. The van der Waals surface area contributed by atoms with Crippen molar-refractivity contribution in [1.29, 1.82) is 0 Å². The van der Waals surface area contributed by atoms with E-state index in [0.29, 0.717) is 0 Å². The highest BCUT2D eigenvalue weighted by molar-refractivity contribution is 5.97. The Balaban J connectivity index is 2.11. The Morgan fingerprint density at radius 1 is 0.905 bits per heavy atom. The zero-order chi connectivity index (χ0) is 14.7. The number of benzene rings is 3. The van der Waals surface area contributed by atoms with Gasteiger partial charge in [-0.25, -0.2) is 4.79 Å². The molecule has 3 aromatic carbocycles. The highest BCUT2D eigenvalue weighted by Gasteiger charge is 2.03. The van der Waals surface area contributed by atoms with Gasteiger partial charge in [0.2, 0.25) is 0 Å². The maximum Gasteiger partial charge on any atom is 0.328 e. The molecule has 1 N–H and O–H groups in total. The predicted octanol–water partition coefficient (Wildman–Crippen LogP) is 4.60. The number of rotatable bonds is 3. The zero-order valence-electron chi connectivity index (χ0n) is 11.4. The Bertz CT molecular complexity index is 826. The summed E-state index contributed by atoms with van der Waals surface area (Å²) >= 11 is 0. The summed E-state index contributed by atoms with van der Waals surface area (Å²) in [6.45, 7) is 0. The molecule has 0 bridgehead atoms. The van der Waals surface area contributed by atoms with Crippen molar-refractivity contribution in [1.82, 2.24) is 0 Å². The Hall–Kier alpha value is -2.87. The van der Waals surface area contributed by atoms with Crippen molar-refractivity contribution in [2.24, 2.45) is 0 Å². The van der Waals surface area contributed by atoms with Crippen molar-refractivity contribution in [3.05, 3.63) is 78.4 Å². The Kier molecular flexibility index (Phi) is 3.52. The first kappa shape index (κ1) is 13.1. The van der Waals surface area contributed by atoms with E-state index >= 15 is 0 Å². The molecule has 0 radical (unpaired) electrons. The summed E-state index contributed by atoms with van der Waals surface area (Å²) in [6, 6.07) is 22.3. The second-order valence-corrected chi connectivity index (χ2v) is 4.82. The van der Waals surface area contributed by atoms with E-state index in [4.69, 9.17) is 5.11 Å². The second-order valence-electron chi connectivity index (χ2n) is 4.82. The third kappa shape index (κ3) is 2.84. The number of carboxylic acids is 1. The lowest BCUT2D eigenvalue weighted by atomic mass is 9.97. The van der Waals surface area contributed by atoms with Gasteiger partial charge in [0.05, 0.1) is 0 Å². The molecule has 0 aliphatic rings. The van der Waals surface area contributed by atoms with Gasteiger partial charge in [0.25, 0.3) is 0 Å². The molecule has 0 unspecified atom stereocenters. The van der Waals surface area contributed by atoms with Gasteiger partial charge in [-0.2, -0.15) is 0 Å². The third-order valence-electron chi connectivity index (χ3n) is 3.41. The van der Waals surface area contributed by atoms with Gasteiger partial charge < -0.3 is 5.11 Å². The minimum Gasteiger partial charge on any atom is -0.478 e. The van der Waals surface area contributed by atoms with E-state index < -0.39 is 5.97 Å². The third-order valence-corrected chi connectivity index (χ3v) is 3.41. The van der Waals surface area contributed by atoms with E-state index in [9.17, 15) is 4.79 Å². The van der Waals surface area contributed by atoms with Crippen LogP contribution in [0.3, 0.4) is 0 Å². The highest BCUT2D eigenvalue weighted by atomic mass is 16.4. The first-order valence-corrected chi connectivity index (χ1v) is 6.73. The molecule has 0 saturated carbocycles. The molecule has 0 aliphatic carbocycles. The van der Waals surface area contributed by atoms with E-state index in [1.165, 1.54) is 10.8 Å². The van der Waals surface area contributed by atoms with Crippen molar-refractivity contribution < 1.29 is 9.90 Å². The molecule has 2 nitrogen and oxygen atoms in total. The van der Waals surface area contributed by atoms with Crippen LogP contribution >= 0.6 is 0 Å². The number of carbonyl (C=O) groups is 1. The molecule has 0 aromatic heterocycles. The summed E-state index contributed by atoms with van der Waals surface area (Å²) in [5.74, 6) is -0.939. The molecule has 3 rings (SSSR count). The molecule has 0 amide bonds. The largest absolute Gasteiger partial charge is 0.478 e. The van der Waals surface area contributed by atoms with Crippen LogP contribution in [0.2, 0.25) is 0 Å². The Morgan fingerprint density at radius 2 is 1.67 bits per heavy atom. The normalized spacial score (nSPS) is 11.0. The number of fused-ring (bicyclic) bond motifs is 1.